The third-order valence-corrected chi connectivity index (χ3v) is 5.36. The molecule has 1 aliphatic rings. The van der Waals surface area contributed by atoms with Crippen LogP contribution in [0.5, 0.6) is 11.5 Å². The highest BCUT2D eigenvalue weighted by Crippen LogP contribution is 2.38. The molecule has 3 rings (SSSR count). The van der Waals surface area contributed by atoms with Crippen molar-refractivity contribution in [3.63, 3.8) is 0 Å². The van der Waals surface area contributed by atoms with Crippen LogP contribution in [0.15, 0.2) is 35.2 Å². The fraction of sp³-hybridized carbons (Fsp3) is 0.235. The summed E-state index contributed by atoms with van der Waals surface area (Å²) in [5.41, 5.74) is 1.14. The van der Waals surface area contributed by atoms with E-state index in [1.807, 2.05) is 0 Å². The Kier molecular flexibility index (Phi) is 4.30. The molecule has 2 aromatic rings. The molecule has 0 radical (unpaired) electrons. The Hall–Kier alpha value is -2.74. The van der Waals surface area contributed by atoms with Crippen molar-refractivity contribution in [2.75, 3.05) is 17.9 Å². The van der Waals surface area contributed by atoms with Crippen molar-refractivity contribution >= 4 is 21.7 Å². The van der Waals surface area contributed by atoms with Gasteiger partial charge in [0.15, 0.2) is 11.5 Å². The molecular formula is C17H17NO6S. The predicted octanol–water partition coefficient (Wildman–Crippen LogP) is 2.57. The maximum Gasteiger partial charge on any atom is 0.335 e. The van der Waals surface area contributed by atoms with Gasteiger partial charge in [0.1, 0.15) is 13.2 Å². The van der Waals surface area contributed by atoms with E-state index in [1.54, 1.807) is 32.0 Å². The van der Waals surface area contributed by atoms with Gasteiger partial charge in [-0.15, -0.1) is 0 Å². The van der Waals surface area contributed by atoms with Crippen molar-refractivity contribution in [2.45, 2.75) is 18.7 Å². The molecular weight excluding hydrogens is 346 g/mol. The number of carbonyl (C=O) groups is 1. The molecule has 0 amide bonds. The number of ether oxygens (including phenoxy) is 2. The quantitative estimate of drug-likeness (QED) is 0.866. The van der Waals surface area contributed by atoms with Crippen LogP contribution in [0, 0.1) is 13.8 Å². The van der Waals surface area contributed by atoms with Gasteiger partial charge in [-0.3, -0.25) is 4.72 Å². The highest BCUT2D eigenvalue weighted by Gasteiger charge is 2.24. The average molecular weight is 363 g/mol. The van der Waals surface area contributed by atoms with E-state index in [0.717, 1.165) is 0 Å². The van der Waals surface area contributed by atoms with Gasteiger partial charge in [-0.2, -0.15) is 0 Å². The highest BCUT2D eigenvalue weighted by atomic mass is 32.2. The molecule has 132 valence electrons. The van der Waals surface area contributed by atoms with Crippen LogP contribution in [0.25, 0.3) is 0 Å². The van der Waals surface area contributed by atoms with E-state index in [4.69, 9.17) is 9.47 Å². The van der Waals surface area contributed by atoms with E-state index in [1.165, 1.54) is 12.1 Å². The van der Waals surface area contributed by atoms with Gasteiger partial charge in [0.05, 0.1) is 16.1 Å². The number of aryl methyl sites for hydroxylation is 2. The van der Waals surface area contributed by atoms with E-state index < -0.39 is 16.0 Å². The number of rotatable bonds is 4. The third kappa shape index (κ3) is 3.25. The number of carboxylic acids is 1. The summed E-state index contributed by atoms with van der Waals surface area (Å²) >= 11 is 0. The van der Waals surface area contributed by atoms with E-state index in [-0.39, 0.29) is 16.1 Å². The monoisotopic (exact) mass is 363 g/mol. The molecule has 25 heavy (non-hydrogen) atoms. The molecule has 0 unspecified atom stereocenters. The molecule has 0 bridgehead atoms. The number of benzene rings is 2. The lowest BCUT2D eigenvalue weighted by molar-refractivity contribution is 0.0696. The Morgan fingerprint density at radius 3 is 2.56 bits per heavy atom. The standard InChI is InChI=1S/C17H17NO6S/c1-10-8-11(2)15(9-12(10)17(19)20)25(21,22)18-13-4-3-5-14-16(13)24-7-6-23-14/h3-5,8-9,18H,6-7H2,1-2H3,(H,19,20). The zero-order valence-corrected chi connectivity index (χ0v) is 14.5. The van der Waals surface area contributed by atoms with Gasteiger partial charge < -0.3 is 14.6 Å². The Labute approximate surface area is 145 Å². The Balaban J connectivity index is 2.04. The van der Waals surface area contributed by atoms with Gasteiger partial charge in [-0.05, 0) is 43.2 Å². The third-order valence-electron chi connectivity index (χ3n) is 3.85. The van der Waals surface area contributed by atoms with Crippen LogP contribution < -0.4 is 14.2 Å². The molecule has 7 nitrogen and oxygen atoms in total. The molecule has 2 aromatic carbocycles. The van der Waals surface area contributed by atoms with Gasteiger partial charge in [-0.1, -0.05) is 12.1 Å². The normalized spacial score (nSPS) is 13.4. The van der Waals surface area contributed by atoms with Crippen LogP contribution in [0.4, 0.5) is 5.69 Å². The maximum absolute atomic E-state index is 12.8. The second kappa shape index (κ2) is 6.29. The van der Waals surface area contributed by atoms with Gasteiger partial charge in [0, 0.05) is 0 Å². The van der Waals surface area contributed by atoms with Crippen molar-refractivity contribution in [2.24, 2.45) is 0 Å². The summed E-state index contributed by atoms with van der Waals surface area (Å²) < 4.78 is 39.0. The van der Waals surface area contributed by atoms with Crippen molar-refractivity contribution < 1.29 is 27.8 Å². The number of fused-ring (bicyclic) bond motifs is 1. The first-order chi connectivity index (χ1) is 11.8. The number of para-hydroxylation sites is 1. The fourth-order valence-electron chi connectivity index (χ4n) is 2.71. The highest BCUT2D eigenvalue weighted by molar-refractivity contribution is 7.92. The van der Waals surface area contributed by atoms with Crippen LogP contribution in [0.3, 0.4) is 0 Å². The van der Waals surface area contributed by atoms with Crippen molar-refractivity contribution in [3.8, 4) is 11.5 Å². The van der Waals surface area contributed by atoms with E-state index in [2.05, 4.69) is 4.72 Å². The SMILES string of the molecule is Cc1cc(C)c(S(=O)(=O)Nc2cccc3c2OCCO3)cc1C(=O)O. The summed E-state index contributed by atoms with van der Waals surface area (Å²) in [7, 11) is -4.00. The van der Waals surface area contributed by atoms with Crippen LogP contribution in [0.2, 0.25) is 0 Å². The molecule has 0 fully saturated rings. The molecule has 0 aliphatic carbocycles. The van der Waals surface area contributed by atoms with Gasteiger partial charge in [0.25, 0.3) is 10.0 Å². The first-order valence-corrected chi connectivity index (χ1v) is 9.04. The molecule has 0 aromatic heterocycles. The molecule has 0 saturated heterocycles. The lowest BCUT2D eigenvalue weighted by Gasteiger charge is -2.21. The summed E-state index contributed by atoms with van der Waals surface area (Å²) in [4.78, 5) is 11.2. The average Bonchev–Trinajstić information content (AvgIpc) is 2.54. The number of hydrogen-bond donors (Lipinski definition) is 2. The second-order valence-electron chi connectivity index (χ2n) is 5.67. The largest absolute Gasteiger partial charge is 0.486 e. The van der Waals surface area contributed by atoms with E-state index >= 15 is 0 Å². The van der Waals surface area contributed by atoms with Crippen molar-refractivity contribution in [3.05, 3.63) is 47.0 Å². The molecule has 0 spiro atoms. The van der Waals surface area contributed by atoms with Crippen LogP contribution in [0.1, 0.15) is 21.5 Å². The summed E-state index contributed by atoms with van der Waals surface area (Å²) in [6, 6.07) is 7.61. The summed E-state index contributed by atoms with van der Waals surface area (Å²) in [6.07, 6.45) is 0. The van der Waals surface area contributed by atoms with E-state index in [9.17, 15) is 18.3 Å². The number of hydrogen-bond acceptors (Lipinski definition) is 5. The van der Waals surface area contributed by atoms with Crippen LogP contribution in [-0.2, 0) is 10.0 Å². The first-order valence-electron chi connectivity index (χ1n) is 7.55. The number of sulfonamides is 1. The molecule has 8 heteroatoms. The first kappa shape index (κ1) is 17.1. The van der Waals surface area contributed by atoms with Gasteiger partial charge in [0.2, 0.25) is 0 Å². The summed E-state index contributed by atoms with van der Waals surface area (Å²) in [5.74, 6) is -0.401. The Morgan fingerprint density at radius 1 is 1.12 bits per heavy atom. The lowest BCUT2D eigenvalue weighted by Crippen LogP contribution is -2.20. The minimum Gasteiger partial charge on any atom is -0.486 e. The van der Waals surface area contributed by atoms with Crippen LogP contribution in [-0.4, -0.2) is 32.7 Å². The van der Waals surface area contributed by atoms with Crippen molar-refractivity contribution in [1.82, 2.24) is 0 Å². The lowest BCUT2D eigenvalue weighted by atomic mass is 10.1. The fourth-order valence-corrected chi connectivity index (χ4v) is 4.02. The molecule has 2 N–H and O–H groups in total. The Morgan fingerprint density at radius 2 is 1.84 bits per heavy atom. The number of carboxylic acid groups (broad SMARTS) is 1. The molecule has 0 saturated carbocycles. The van der Waals surface area contributed by atoms with Gasteiger partial charge >= 0.3 is 5.97 Å². The van der Waals surface area contributed by atoms with Gasteiger partial charge in [-0.25, -0.2) is 13.2 Å². The van der Waals surface area contributed by atoms with E-state index in [0.29, 0.717) is 35.8 Å². The Bertz CT molecular complexity index is 952. The molecule has 0 atom stereocenters. The van der Waals surface area contributed by atoms with Crippen molar-refractivity contribution in [1.29, 1.82) is 0 Å². The predicted molar refractivity (Wildman–Crippen MR) is 91.1 cm³/mol. The minimum absolute atomic E-state index is 0.0550. The smallest absolute Gasteiger partial charge is 0.335 e. The maximum atomic E-state index is 12.8. The number of nitrogens with one attached hydrogen (secondary N) is 1. The summed E-state index contributed by atoms with van der Waals surface area (Å²) in [6.45, 7) is 3.95. The molecule has 1 heterocycles. The topological polar surface area (TPSA) is 102 Å². The number of aromatic carboxylic acids is 1. The van der Waals surface area contributed by atoms with Crippen LogP contribution >= 0.6 is 0 Å². The summed E-state index contributed by atoms with van der Waals surface area (Å²) in [5, 5.41) is 9.24. The zero-order valence-electron chi connectivity index (χ0n) is 13.7. The number of anilines is 1. The minimum atomic E-state index is -4.00. The zero-order chi connectivity index (χ0) is 18.2. The second-order valence-corrected chi connectivity index (χ2v) is 7.32. The molecule has 1 aliphatic heterocycles.